The van der Waals surface area contributed by atoms with Crippen molar-refractivity contribution in [3.8, 4) is 5.75 Å². The first-order valence-electron chi connectivity index (χ1n) is 11.4. The average Bonchev–Trinajstić information content (AvgIpc) is 3.02. The third kappa shape index (κ3) is 4.53. The van der Waals surface area contributed by atoms with Crippen LogP contribution in [0.5, 0.6) is 5.75 Å². The van der Waals surface area contributed by atoms with E-state index in [-0.39, 0.29) is 17.8 Å². The Morgan fingerprint density at radius 3 is 2.50 bits per heavy atom. The van der Waals surface area contributed by atoms with Crippen LogP contribution in [0.1, 0.15) is 86.6 Å². The molecule has 1 aliphatic heterocycles. The van der Waals surface area contributed by atoms with Crippen LogP contribution in [0.25, 0.3) is 0 Å². The topological polar surface area (TPSA) is 60.8 Å². The first-order valence-corrected chi connectivity index (χ1v) is 11.4. The lowest BCUT2D eigenvalue weighted by Gasteiger charge is -2.34. The Balaban J connectivity index is 1.21. The fraction of sp³-hybridized carbons (Fsp3) is 0.708. The molecule has 154 valence electrons. The zero-order valence-corrected chi connectivity index (χ0v) is 17.0. The monoisotopic (exact) mass is 385 g/mol. The van der Waals surface area contributed by atoms with Gasteiger partial charge in [-0.2, -0.15) is 0 Å². The Morgan fingerprint density at radius 2 is 1.75 bits per heavy atom. The molecule has 2 fully saturated rings. The molecule has 0 radical (unpaired) electrons. The number of benzene rings is 1. The van der Waals surface area contributed by atoms with Crippen LogP contribution in [0, 0.1) is 17.8 Å². The van der Waals surface area contributed by atoms with Crippen molar-refractivity contribution in [3.63, 3.8) is 0 Å². The summed E-state index contributed by atoms with van der Waals surface area (Å²) in [7, 11) is 0. The highest BCUT2D eigenvalue weighted by Crippen LogP contribution is 2.36. The second-order valence-corrected chi connectivity index (χ2v) is 9.46. The molecule has 28 heavy (non-hydrogen) atoms. The number of carbonyl (C=O) groups excluding carboxylic acids is 1. The number of fused-ring (bicyclic) bond motifs is 1. The van der Waals surface area contributed by atoms with Crippen molar-refractivity contribution < 1.29 is 15.0 Å². The summed E-state index contributed by atoms with van der Waals surface area (Å²) in [4.78, 5) is 14.5. The average molecular weight is 386 g/mol. The molecule has 3 aliphatic rings. The van der Waals surface area contributed by atoms with Crippen LogP contribution in [0.3, 0.4) is 0 Å². The highest BCUT2D eigenvalue weighted by Gasteiger charge is 2.32. The number of phenolic OH excluding ortho intramolecular Hbond substituents is 1. The van der Waals surface area contributed by atoms with Gasteiger partial charge in [0.05, 0.1) is 6.10 Å². The first-order chi connectivity index (χ1) is 13.6. The molecule has 0 aromatic heterocycles. The molecule has 2 aliphatic carbocycles. The van der Waals surface area contributed by atoms with Gasteiger partial charge in [0.2, 0.25) is 0 Å². The van der Waals surface area contributed by atoms with Gasteiger partial charge >= 0.3 is 0 Å². The van der Waals surface area contributed by atoms with Crippen molar-refractivity contribution in [1.29, 1.82) is 0 Å². The van der Waals surface area contributed by atoms with E-state index in [2.05, 4.69) is 0 Å². The van der Waals surface area contributed by atoms with Crippen molar-refractivity contribution >= 4 is 5.91 Å². The Kier molecular flexibility index (Phi) is 6.25. The molecule has 1 atom stereocenters. The van der Waals surface area contributed by atoms with E-state index in [1.165, 1.54) is 38.5 Å². The molecule has 0 bridgehead atoms. The quantitative estimate of drug-likeness (QED) is 0.734. The molecule has 1 unspecified atom stereocenters. The molecule has 2 saturated carbocycles. The largest absolute Gasteiger partial charge is 0.508 e. The number of aliphatic hydroxyl groups excluding tert-OH is 1. The first kappa shape index (κ1) is 19.8. The van der Waals surface area contributed by atoms with E-state index in [4.69, 9.17) is 0 Å². The number of amides is 1. The van der Waals surface area contributed by atoms with Crippen LogP contribution < -0.4 is 0 Å². The Morgan fingerprint density at radius 1 is 1.00 bits per heavy atom. The summed E-state index contributed by atoms with van der Waals surface area (Å²) in [6, 6.07) is 5.12. The lowest BCUT2D eigenvalue weighted by atomic mass is 9.77. The maximum Gasteiger partial charge on any atom is 0.254 e. The minimum absolute atomic E-state index is 0.0561. The van der Waals surface area contributed by atoms with E-state index >= 15 is 0 Å². The van der Waals surface area contributed by atoms with E-state index < -0.39 is 0 Å². The van der Waals surface area contributed by atoms with Gasteiger partial charge in [-0.25, -0.2) is 0 Å². The molecule has 0 saturated heterocycles. The summed E-state index contributed by atoms with van der Waals surface area (Å²) in [5, 5.41) is 20.3. The van der Waals surface area contributed by atoms with Gasteiger partial charge in [-0.15, -0.1) is 0 Å². The van der Waals surface area contributed by atoms with E-state index in [0.29, 0.717) is 23.9 Å². The van der Waals surface area contributed by atoms with Crippen LogP contribution in [0.15, 0.2) is 18.2 Å². The van der Waals surface area contributed by atoms with E-state index in [1.54, 1.807) is 12.1 Å². The summed E-state index contributed by atoms with van der Waals surface area (Å²) >= 11 is 0. The molecular formula is C24H35NO3. The number of aliphatic hydroxyl groups is 1. The predicted octanol–water partition coefficient (Wildman–Crippen LogP) is 4.88. The van der Waals surface area contributed by atoms with Gasteiger partial charge in [0.25, 0.3) is 5.91 Å². The van der Waals surface area contributed by atoms with Crippen molar-refractivity contribution in [3.05, 3.63) is 29.3 Å². The second-order valence-electron chi connectivity index (χ2n) is 9.46. The SMILES string of the molecule is O=C1c2cc(O)ccc2CN1CC1CCC(C(O)CCC2CCCCC2)CC1. The molecule has 1 amide bonds. The predicted molar refractivity (Wildman–Crippen MR) is 110 cm³/mol. The van der Waals surface area contributed by atoms with Gasteiger partial charge < -0.3 is 15.1 Å². The molecular weight excluding hydrogens is 350 g/mol. The van der Waals surface area contributed by atoms with Crippen LogP contribution in [-0.2, 0) is 6.54 Å². The maximum atomic E-state index is 12.6. The van der Waals surface area contributed by atoms with Crippen molar-refractivity contribution in [2.45, 2.75) is 83.3 Å². The highest BCUT2D eigenvalue weighted by molar-refractivity contribution is 5.98. The molecule has 4 heteroatoms. The second kappa shape index (κ2) is 8.86. The minimum atomic E-state index is -0.136. The highest BCUT2D eigenvalue weighted by atomic mass is 16.3. The summed E-state index contributed by atoms with van der Waals surface area (Å²) in [5.41, 5.74) is 1.68. The third-order valence-corrected chi connectivity index (χ3v) is 7.48. The maximum absolute atomic E-state index is 12.6. The number of nitrogens with zero attached hydrogens (tertiary/aromatic N) is 1. The van der Waals surface area contributed by atoms with Gasteiger partial charge in [-0.3, -0.25) is 4.79 Å². The lowest BCUT2D eigenvalue weighted by Crippen LogP contribution is -2.34. The zero-order chi connectivity index (χ0) is 19.5. The van der Waals surface area contributed by atoms with E-state index in [0.717, 1.165) is 50.1 Å². The Hall–Kier alpha value is -1.55. The van der Waals surface area contributed by atoms with Crippen LogP contribution in [0.2, 0.25) is 0 Å². The standard InChI is InChI=1S/C24H35NO3/c26-21-12-11-20-16-25(24(28)22(20)14-21)15-18-6-9-19(10-7-18)23(27)13-8-17-4-2-1-3-5-17/h11-12,14,17-19,23,26-27H,1-10,13,15-16H2. The van der Waals surface area contributed by atoms with Crippen LogP contribution >= 0.6 is 0 Å². The summed E-state index contributed by atoms with van der Waals surface area (Å²) < 4.78 is 0. The Labute approximate surface area is 168 Å². The van der Waals surface area contributed by atoms with E-state index in [1.807, 2.05) is 11.0 Å². The Bertz CT molecular complexity index is 674. The molecule has 4 rings (SSSR count). The van der Waals surface area contributed by atoms with Crippen LogP contribution in [-0.4, -0.2) is 33.7 Å². The molecule has 4 nitrogen and oxygen atoms in total. The summed E-state index contributed by atoms with van der Waals surface area (Å²) in [5.74, 6) is 2.05. The van der Waals surface area contributed by atoms with Gasteiger partial charge in [0.15, 0.2) is 0 Å². The molecule has 1 aromatic carbocycles. The summed E-state index contributed by atoms with van der Waals surface area (Å²) in [6.07, 6.45) is 13.3. The number of phenols is 1. The number of hydrogen-bond donors (Lipinski definition) is 2. The van der Waals surface area contributed by atoms with Crippen molar-refractivity contribution in [2.24, 2.45) is 17.8 Å². The van der Waals surface area contributed by atoms with Crippen LogP contribution in [0.4, 0.5) is 0 Å². The molecule has 1 heterocycles. The van der Waals surface area contributed by atoms with Gasteiger partial charge in [0.1, 0.15) is 5.75 Å². The molecule has 0 spiro atoms. The van der Waals surface area contributed by atoms with E-state index in [9.17, 15) is 15.0 Å². The molecule has 1 aromatic rings. The fourth-order valence-electron chi connectivity index (χ4n) is 5.68. The lowest BCUT2D eigenvalue weighted by molar-refractivity contribution is 0.0509. The number of hydrogen-bond acceptors (Lipinski definition) is 3. The minimum Gasteiger partial charge on any atom is -0.508 e. The van der Waals surface area contributed by atoms with Gasteiger partial charge in [-0.05, 0) is 74.0 Å². The number of carbonyl (C=O) groups is 1. The van der Waals surface area contributed by atoms with Crippen molar-refractivity contribution in [2.75, 3.05) is 6.54 Å². The number of rotatable bonds is 6. The smallest absolute Gasteiger partial charge is 0.254 e. The normalized spacial score (nSPS) is 27.0. The fourth-order valence-corrected chi connectivity index (χ4v) is 5.68. The van der Waals surface area contributed by atoms with Crippen molar-refractivity contribution in [1.82, 2.24) is 4.90 Å². The van der Waals surface area contributed by atoms with Gasteiger partial charge in [0, 0.05) is 18.7 Å². The summed E-state index contributed by atoms with van der Waals surface area (Å²) in [6.45, 7) is 1.47. The molecule has 2 N–H and O–H groups in total. The third-order valence-electron chi connectivity index (χ3n) is 7.48. The number of aromatic hydroxyl groups is 1. The van der Waals surface area contributed by atoms with Gasteiger partial charge in [-0.1, -0.05) is 38.2 Å². The zero-order valence-electron chi connectivity index (χ0n) is 17.0.